The molecule has 0 N–H and O–H groups in total. The molecule has 0 amide bonds. The van der Waals surface area contributed by atoms with Crippen molar-refractivity contribution in [3.63, 3.8) is 0 Å². The number of allylic oxidation sites excluding steroid dienone is 4. The summed E-state index contributed by atoms with van der Waals surface area (Å²) >= 11 is 0. The molecule has 0 radical (unpaired) electrons. The average molecular weight is 202 g/mol. The van der Waals surface area contributed by atoms with Gasteiger partial charge in [-0.3, -0.25) is 0 Å². The summed E-state index contributed by atoms with van der Waals surface area (Å²) in [7, 11) is 0. The fourth-order valence-electron chi connectivity index (χ4n) is 4.21. The Labute approximate surface area is 93.5 Å². The van der Waals surface area contributed by atoms with E-state index in [0.29, 0.717) is 0 Å². The minimum Gasteiger partial charge on any atom is -0.0842 e. The molecule has 0 aromatic rings. The molecule has 0 spiro atoms. The first-order valence-corrected chi connectivity index (χ1v) is 6.78. The van der Waals surface area contributed by atoms with E-state index in [1.54, 1.807) is 0 Å². The van der Waals surface area contributed by atoms with Crippen molar-refractivity contribution in [2.24, 2.45) is 23.7 Å². The van der Waals surface area contributed by atoms with E-state index in [4.69, 9.17) is 0 Å². The van der Waals surface area contributed by atoms with E-state index >= 15 is 0 Å². The molecule has 0 aromatic heterocycles. The van der Waals surface area contributed by atoms with E-state index in [1.165, 1.54) is 44.9 Å². The third-order valence-electron chi connectivity index (χ3n) is 4.95. The van der Waals surface area contributed by atoms with Crippen molar-refractivity contribution in [2.45, 2.75) is 44.9 Å². The van der Waals surface area contributed by atoms with Crippen LogP contribution in [0.2, 0.25) is 0 Å². The zero-order chi connectivity index (χ0) is 10.1. The maximum absolute atomic E-state index is 2.49. The van der Waals surface area contributed by atoms with Crippen molar-refractivity contribution >= 4 is 0 Å². The van der Waals surface area contributed by atoms with Crippen molar-refractivity contribution < 1.29 is 0 Å². The fourth-order valence-corrected chi connectivity index (χ4v) is 4.21. The summed E-state index contributed by atoms with van der Waals surface area (Å²) in [6.45, 7) is 0. The molecule has 0 aromatic carbocycles. The molecule has 0 bridgehead atoms. The van der Waals surface area contributed by atoms with Gasteiger partial charge in [-0.05, 0) is 49.4 Å². The van der Waals surface area contributed by atoms with Crippen LogP contribution >= 0.6 is 0 Å². The van der Waals surface area contributed by atoms with Crippen LogP contribution in [0.15, 0.2) is 24.3 Å². The molecular formula is C15H22. The van der Waals surface area contributed by atoms with Crippen LogP contribution in [0.1, 0.15) is 44.9 Å². The molecule has 3 rings (SSSR count). The SMILES string of the molecule is C1=CCC2C(C=C1)CCC1CCCCC12. The lowest BCUT2D eigenvalue weighted by molar-refractivity contribution is 0.0755. The van der Waals surface area contributed by atoms with Crippen LogP contribution in [0.25, 0.3) is 0 Å². The van der Waals surface area contributed by atoms with Crippen LogP contribution in [0, 0.1) is 23.7 Å². The van der Waals surface area contributed by atoms with Gasteiger partial charge in [-0.15, -0.1) is 0 Å². The minimum absolute atomic E-state index is 0.902. The van der Waals surface area contributed by atoms with Crippen LogP contribution in [-0.4, -0.2) is 0 Å². The Morgan fingerprint density at radius 1 is 0.800 bits per heavy atom. The van der Waals surface area contributed by atoms with Crippen LogP contribution in [0.3, 0.4) is 0 Å². The highest BCUT2D eigenvalue weighted by molar-refractivity contribution is 5.12. The van der Waals surface area contributed by atoms with E-state index in [9.17, 15) is 0 Å². The second-order valence-corrected chi connectivity index (χ2v) is 5.66. The van der Waals surface area contributed by atoms with Gasteiger partial charge >= 0.3 is 0 Å². The van der Waals surface area contributed by atoms with Gasteiger partial charge in [0.05, 0.1) is 0 Å². The lowest BCUT2D eigenvalue weighted by Crippen LogP contribution is -2.35. The summed E-state index contributed by atoms with van der Waals surface area (Å²) in [5.74, 6) is 4.03. The van der Waals surface area contributed by atoms with Crippen molar-refractivity contribution in [1.29, 1.82) is 0 Å². The largest absolute Gasteiger partial charge is 0.0842 e. The van der Waals surface area contributed by atoms with Crippen LogP contribution in [0.5, 0.6) is 0 Å². The molecular weight excluding hydrogens is 180 g/mol. The monoisotopic (exact) mass is 202 g/mol. The minimum atomic E-state index is 0.902. The average Bonchev–Trinajstić information content (AvgIpc) is 2.54. The third kappa shape index (κ3) is 1.79. The summed E-state index contributed by atoms with van der Waals surface area (Å²) in [5, 5.41) is 0. The van der Waals surface area contributed by atoms with Crippen molar-refractivity contribution in [3.8, 4) is 0 Å². The summed E-state index contributed by atoms with van der Waals surface area (Å²) in [6, 6.07) is 0. The van der Waals surface area contributed by atoms with Crippen LogP contribution in [-0.2, 0) is 0 Å². The third-order valence-corrected chi connectivity index (χ3v) is 4.95. The molecule has 0 aliphatic heterocycles. The molecule has 2 fully saturated rings. The van der Waals surface area contributed by atoms with Crippen molar-refractivity contribution in [2.75, 3.05) is 0 Å². The predicted octanol–water partition coefficient (Wildman–Crippen LogP) is 4.34. The zero-order valence-electron chi connectivity index (χ0n) is 9.57. The maximum Gasteiger partial charge on any atom is -0.0196 e. The lowest BCUT2D eigenvalue weighted by Gasteiger charge is -2.44. The molecule has 4 atom stereocenters. The topological polar surface area (TPSA) is 0 Å². The first-order chi connectivity index (χ1) is 7.45. The first kappa shape index (κ1) is 9.69. The van der Waals surface area contributed by atoms with E-state index in [0.717, 1.165) is 23.7 Å². The molecule has 0 heteroatoms. The van der Waals surface area contributed by atoms with Gasteiger partial charge in [0, 0.05) is 0 Å². The highest BCUT2D eigenvalue weighted by Gasteiger charge is 2.38. The molecule has 4 unspecified atom stereocenters. The van der Waals surface area contributed by atoms with Crippen LogP contribution < -0.4 is 0 Å². The molecule has 15 heavy (non-hydrogen) atoms. The Morgan fingerprint density at radius 2 is 1.73 bits per heavy atom. The Balaban J connectivity index is 1.81. The Morgan fingerprint density at radius 3 is 2.73 bits per heavy atom. The van der Waals surface area contributed by atoms with E-state index in [1.807, 2.05) is 0 Å². The van der Waals surface area contributed by atoms with Gasteiger partial charge in [0.2, 0.25) is 0 Å². The van der Waals surface area contributed by atoms with Crippen molar-refractivity contribution in [1.82, 2.24) is 0 Å². The smallest absolute Gasteiger partial charge is 0.0196 e. The Kier molecular flexibility index (Phi) is 2.68. The van der Waals surface area contributed by atoms with Gasteiger partial charge < -0.3 is 0 Å². The molecule has 0 nitrogen and oxygen atoms in total. The fraction of sp³-hybridized carbons (Fsp3) is 0.733. The van der Waals surface area contributed by atoms with Gasteiger partial charge in [-0.1, -0.05) is 43.6 Å². The van der Waals surface area contributed by atoms with Gasteiger partial charge in [-0.2, -0.15) is 0 Å². The highest BCUT2D eigenvalue weighted by atomic mass is 14.4. The second-order valence-electron chi connectivity index (χ2n) is 5.66. The second kappa shape index (κ2) is 4.15. The molecule has 82 valence electrons. The van der Waals surface area contributed by atoms with E-state index in [2.05, 4.69) is 24.3 Å². The maximum atomic E-state index is 2.49. The number of hydrogen-bond donors (Lipinski definition) is 0. The summed E-state index contributed by atoms with van der Waals surface area (Å²) in [5.41, 5.74) is 0. The number of hydrogen-bond acceptors (Lipinski definition) is 0. The number of rotatable bonds is 0. The lowest BCUT2D eigenvalue weighted by atomic mass is 9.61. The molecule has 0 saturated heterocycles. The van der Waals surface area contributed by atoms with Gasteiger partial charge in [0.25, 0.3) is 0 Å². The van der Waals surface area contributed by atoms with E-state index in [-0.39, 0.29) is 0 Å². The normalized spacial score (nSPS) is 44.3. The summed E-state index contributed by atoms with van der Waals surface area (Å²) in [4.78, 5) is 0. The summed E-state index contributed by atoms with van der Waals surface area (Å²) < 4.78 is 0. The number of fused-ring (bicyclic) bond motifs is 3. The van der Waals surface area contributed by atoms with Gasteiger partial charge in [-0.25, -0.2) is 0 Å². The molecule has 0 heterocycles. The highest BCUT2D eigenvalue weighted by Crippen LogP contribution is 2.48. The van der Waals surface area contributed by atoms with Crippen LogP contribution in [0.4, 0.5) is 0 Å². The van der Waals surface area contributed by atoms with E-state index < -0.39 is 0 Å². The first-order valence-electron chi connectivity index (χ1n) is 6.78. The molecule has 3 aliphatic carbocycles. The standard InChI is InChI=1S/C15H22/c1-2-6-12-10-11-13-7-4-5-9-15(13)14(12)8-3-1/h1-3,6,12-15H,4-5,7-11H2. The van der Waals surface area contributed by atoms with Gasteiger partial charge in [0.1, 0.15) is 0 Å². The Bertz CT molecular complexity index is 274. The molecule has 3 aliphatic rings. The van der Waals surface area contributed by atoms with Gasteiger partial charge in [0.15, 0.2) is 0 Å². The van der Waals surface area contributed by atoms with Crippen molar-refractivity contribution in [3.05, 3.63) is 24.3 Å². The quantitative estimate of drug-likeness (QED) is 0.548. The Hall–Kier alpha value is -0.520. The zero-order valence-corrected chi connectivity index (χ0v) is 9.57. The predicted molar refractivity (Wildman–Crippen MR) is 64.6 cm³/mol. The summed E-state index contributed by atoms with van der Waals surface area (Å²) in [6.07, 6.45) is 19.8. The molecule has 2 saturated carbocycles.